The molecule has 2 heterocycles. The van der Waals surface area contributed by atoms with Gasteiger partial charge in [-0.1, -0.05) is 18.2 Å². The number of hydrogen-bond acceptors (Lipinski definition) is 5. The molecule has 0 unspecified atom stereocenters. The maximum Gasteiger partial charge on any atom is 0.234 e. The smallest absolute Gasteiger partial charge is 0.234 e. The van der Waals surface area contributed by atoms with Crippen molar-refractivity contribution in [1.29, 1.82) is 0 Å². The quantitative estimate of drug-likeness (QED) is 0.728. The lowest BCUT2D eigenvalue weighted by Crippen LogP contribution is -2.30. The minimum Gasteiger partial charge on any atom is -0.369 e. The van der Waals surface area contributed by atoms with Crippen molar-refractivity contribution >= 4 is 29.0 Å². The number of amides is 1. The number of rotatable bonds is 7. The number of fused-ring (bicyclic) bond motifs is 1. The molecule has 0 saturated heterocycles. The Morgan fingerprint density at radius 2 is 2.00 bits per heavy atom. The van der Waals surface area contributed by atoms with E-state index in [9.17, 15) is 4.79 Å². The molecule has 2 aromatic rings. The fraction of sp³-hybridized carbons (Fsp3) is 0.550. The second kappa shape index (κ2) is 9.26. The third-order valence-electron chi connectivity index (χ3n) is 4.85. The van der Waals surface area contributed by atoms with Gasteiger partial charge in [-0.3, -0.25) is 4.79 Å². The van der Waals surface area contributed by atoms with Gasteiger partial charge in [0.2, 0.25) is 5.91 Å². The molecule has 0 saturated carbocycles. The minimum absolute atomic E-state index is 0.0186. The summed E-state index contributed by atoms with van der Waals surface area (Å²) in [5.41, 5.74) is 2.00. The first kappa shape index (κ1) is 19.7. The summed E-state index contributed by atoms with van der Waals surface area (Å²) < 4.78 is 2.17. The van der Waals surface area contributed by atoms with Crippen LogP contribution < -0.4 is 10.2 Å². The van der Waals surface area contributed by atoms with Crippen LogP contribution >= 0.6 is 11.8 Å². The summed E-state index contributed by atoms with van der Waals surface area (Å²) in [6.45, 7) is 8.43. The monoisotopic (exact) mass is 387 g/mol. The fourth-order valence-electron chi connectivity index (χ4n) is 3.47. The van der Waals surface area contributed by atoms with Crippen LogP contribution in [-0.2, 0) is 17.8 Å². The first-order chi connectivity index (χ1) is 13.1. The molecule has 1 N–H and O–H groups in total. The van der Waals surface area contributed by atoms with E-state index in [-0.39, 0.29) is 5.91 Å². The molecule has 1 amide bonds. The van der Waals surface area contributed by atoms with E-state index in [0.29, 0.717) is 11.8 Å². The molecule has 146 valence electrons. The van der Waals surface area contributed by atoms with Crippen molar-refractivity contribution in [2.75, 3.05) is 22.5 Å². The van der Waals surface area contributed by atoms with Gasteiger partial charge in [0.05, 0.1) is 5.75 Å². The van der Waals surface area contributed by atoms with E-state index in [1.54, 1.807) is 0 Å². The lowest BCUT2D eigenvalue weighted by molar-refractivity contribution is -0.113. The average molecular weight is 388 g/mol. The van der Waals surface area contributed by atoms with Crippen LogP contribution in [0.2, 0.25) is 0 Å². The standard InChI is InChI=1S/C20H29N5OS/c1-4-24(15(2)3)17-11-9-16(10-12-17)21-19(26)14-27-20-23-22-18-8-6-5-7-13-25(18)20/h9-12,15H,4-8,13-14H2,1-3H3,(H,21,26). The molecule has 27 heavy (non-hydrogen) atoms. The van der Waals surface area contributed by atoms with Crippen LogP contribution in [-0.4, -0.2) is 39.0 Å². The predicted octanol–water partition coefficient (Wildman–Crippen LogP) is 3.97. The number of carbonyl (C=O) groups excluding carboxylic acids is 1. The largest absolute Gasteiger partial charge is 0.369 e. The molecule has 0 fully saturated rings. The minimum atomic E-state index is -0.0186. The van der Waals surface area contributed by atoms with Gasteiger partial charge in [0, 0.05) is 36.9 Å². The van der Waals surface area contributed by atoms with Crippen LogP contribution in [0, 0.1) is 0 Å². The van der Waals surface area contributed by atoms with Crippen molar-refractivity contribution in [1.82, 2.24) is 14.8 Å². The number of nitrogens with zero attached hydrogens (tertiary/aromatic N) is 4. The van der Waals surface area contributed by atoms with Gasteiger partial charge in [-0.25, -0.2) is 0 Å². The van der Waals surface area contributed by atoms with Gasteiger partial charge in [-0.2, -0.15) is 0 Å². The number of thioether (sulfide) groups is 1. The Kier molecular flexibility index (Phi) is 6.77. The van der Waals surface area contributed by atoms with Crippen LogP contribution in [0.15, 0.2) is 29.4 Å². The van der Waals surface area contributed by atoms with Crippen LogP contribution in [0.4, 0.5) is 11.4 Å². The van der Waals surface area contributed by atoms with E-state index < -0.39 is 0 Å². The fourth-order valence-corrected chi connectivity index (χ4v) is 4.26. The van der Waals surface area contributed by atoms with Crippen molar-refractivity contribution in [2.24, 2.45) is 0 Å². The lowest BCUT2D eigenvalue weighted by atomic mass is 10.2. The van der Waals surface area contributed by atoms with Gasteiger partial charge >= 0.3 is 0 Å². The molecule has 1 aromatic heterocycles. The maximum absolute atomic E-state index is 12.3. The number of nitrogens with one attached hydrogen (secondary N) is 1. The zero-order chi connectivity index (χ0) is 19.2. The van der Waals surface area contributed by atoms with Crippen LogP contribution in [0.5, 0.6) is 0 Å². The Labute approximate surface area is 165 Å². The first-order valence-corrected chi connectivity index (χ1v) is 10.8. The predicted molar refractivity (Wildman–Crippen MR) is 112 cm³/mol. The van der Waals surface area contributed by atoms with Crippen molar-refractivity contribution in [3.05, 3.63) is 30.1 Å². The van der Waals surface area contributed by atoms with E-state index in [1.807, 2.05) is 12.1 Å². The molecule has 7 heteroatoms. The Balaban J connectivity index is 1.55. The normalized spacial score (nSPS) is 13.9. The zero-order valence-corrected chi connectivity index (χ0v) is 17.3. The number of anilines is 2. The highest BCUT2D eigenvalue weighted by molar-refractivity contribution is 7.99. The number of aryl methyl sites for hydroxylation is 1. The van der Waals surface area contributed by atoms with Crippen LogP contribution in [0.1, 0.15) is 45.9 Å². The topological polar surface area (TPSA) is 63.1 Å². The van der Waals surface area contributed by atoms with E-state index in [4.69, 9.17) is 0 Å². The summed E-state index contributed by atoms with van der Waals surface area (Å²) >= 11 is 1.46. The van der Waals surface area contributed by atoms with Crippen LogP contribution in [0.25, 0.3) is 0 Å². The third-order valence-corrected chi connectivity index (χ3v) is 5.82. The molecule has 1 aliphatic heterocycles. The van der Waals surface area contributed by atoms with E-state index >= 15 is 0 Å². The number of aromatic nitrogens is 3. The Hall–Kier alpha value is -2.02. The van der Waals surface area contributed by atoms with E-state index in [0.717, 1.165) is 42.6 Å². The van der Waals surface area contributed by atoms with Crippen molar-refractivity contribution in [2.45, 2.75) is 64.2 Å². The lowest BCUT2D eigenvalue weighted by Gasteiger charge is -2.27. The van der Waals surface area contributed by atoms with Gasteiger partial charge < -0.3 is 14.8 Å². The molecule has 0 bridgehead atoms. The number of hydrogen-bond donors (Lipinski definition) is 1. The molecule has 1 aliphatic rings. The van der Waals surface area contributed by atoms with Gasteiger partial charge in [0.15, 0.2) is 5.16 Å². The summed E-state index contributed by atoms with van der Waals surface area (Å²) in [4.78, 5) is 14.6. The Morgan fingerprint density at radius 3 is 2.70 bits per heavy atom. The molecule has 6 nitrogen and oxygen atoms in total. The zero-order valence-electron chi connectivity index (χ0n) is 16.4. The summed E-state index contributed by atoms with van der Waals surface area (Å²) in [5, 5.41) is 12.4. The van der Waals surface area contributed by atoms with Gasteiger partial charge in [0.25, 0.3) is 0 Å². The summed E-state index contributed by atoms with van der Waals surface area (Å²) in [6.07, 6.45) is 4.54. The second-order valence-corrected chi connectivity index (χ2v) is 8.07. The van der Waals surface area contributed by atoms with Gasteiger partial charge in [-0.05, 0) is 57.9 Å². The Morgan fingerprint density at radius 1 is 1.22 bits per heavy atom. The molecule has 0 radical (unpaired) electrons. The second-order valence-electron chi connectivity index (χ2n) is 7.12. The first-order valence-electron chi connectivity index (χ1n) is 9.80. The summed E-state index contributed by atoms with van der Waals surface area (Å²) in [5.74, 6) is 1.37. The summed E-state index contributed by atoms with van der Waals surface area (Å²) in [6, 6.07) is 8.50. The highest BCUT2D eigenvalue weighted by Crippen LogP contribution is 2.23. The number of carbonyl (C=O) groups is 1. The van der Waals surface area contributed by atoms with E-state index in [2.05, 4.69) is 57.9 Å². The maximum atomic E-state index is 12.3. The molecule has 0 spiro atoms. The van der Waals surface area contributed by atoms with Crippen molar-refractivity contribution in [3.63, 3.8) is 0 Å². The molecule has 0 aliphatic carbocycles. The van der Waals surface area contributed by atoms with Gasteiger partial charge in [0.1, 0.15) is 5.82 Å². The third kappa shape index (κ3) is 5.03. The number of benzene rings is 1. The van der Waals surface area contributed by atoms with Crippen molar-refractivity contribution < 1.29 is 4.79 Å². The highest BCUT2D eigenvalue weighted by Gasteiger charge is 2.16. The molecular weight excluding hydrogens is 358 g/mol. The molecule has 1 aromatic carbocycles. The Bertz CT molecular complexity index is 756. The van der Waals surface area contributed by atoms with Crippen molar-refractivity contribution in [3.8, 4) is 0 Å². The highest BCUT2D eigenvalue weighted by atomic mass is 32.2. The van der Waals surface area contributed by atoms with E-state index in [1.165, 1.54) is 30.3 Å². The average Bonchev–Trinajstić information content (AvgIpc) is 2.88. The summed E-state index contributed by atoms with van der Waals surface area (Å²) in [7, 11) is 0. The molecule has 3 rings (SSSR count). The molecular formula is C20H29N5OS. The van der Waals surface area contributed by atoms with Gasteiger partial charge in [-0.15, -0.1) is 10.2 Å². The molecule has 0 atom stereocenters. The van der Waals surface area contributed by atoms with Crippen LogP contribution in [0.3, 0.4) is 0 Å². The SMILES string of the molecule is CCN(c1ccc(NC(=O)CSc2nnc3n2CCCCC3)cc1)C(C)C.